The van der Waals surface area contributed by atoms with E-state index in [0.29, 0.717) is 6.42 Å². The van der Waals surface area contributed by atoms with Crippen LogP contribution < -0.4 is 4.40 Å². The molecule has 4 heteroatoms. The van der Waals surface area contributed by atoms with Crippen LogP contribution >= 0.6 is 0 Å². The van der Waals surface area contributed by atoms with Crippen molar-refractivity contribution in [3.05, 3.63) is 30.3 Å². The number of carbonyl (C=O) groups excluding carboxylic acids is 1. The Labute approximate surface area is 117 Å². The molecule has 0 aromatic heterocycles. The van der Waals surface area contributed by atoms with Gasteiger partial charge in [-0.25, -0.2) is 0 Å². The van der Waals surface area contributed by atoms with Gasteiger partial charge in [0, 0.05) is 0 Å². The minimum atomic E-state index is -0.495. The molecule has 1 amide bonds. The molecule has 0 saturated carbocycles. The second-order valence-corrected chi connectivity index (χ2v) is 7.30. The van der Waals surface area contributed by atoms with Crippen LogP contribution in [0.5, 0.6) is 0 Å². The molecule has 3 nitrogen and oxygen atoms in total. The Morgan fingerprint density at radius 3 is 2.33 bits per heavy atom. The van der Waals surface area contributed by atoms with Crippen LogP contribution in [0.15, 0.2) is 30.3 Å². The van der Waals surface area contributed by atoms with Crippen molar-refractivity contribution >= 4 is 26.0 Å². The zero-order chi connectivity index (χ0) is 13.4. The fourth-order valence-corrected chi connectivity index (χ4v) is 3.76. The summed E-state index contributed by atoms with van der Waals surface area (Å²) in [6.07, 6.45) is 0.633. The van der Waals surface area contributed by atoms with Crippen molar-refractivity contribution in [3.8, 4) is 0 Å². The van der Waals surface area contributed by atoms with Crippen molar-refractivity contribution in [3.63, 3.8) is 0 Å². The van der Waals surface area contributed by atoms with Crippen LogP contribution in [0.25, 0.3) is 0 Å². The Bertz CT molecular complexity index is 352. The molecule has 0 bridgehead atoms. The zero-order valence-electron chi connectivity index (χ0n) is 11.5. The molecule has 1 aromatic rings. The van der Waals surface area contributed by atoms with Gasteiger partial charge in [0.15, 0.2) is 0 Å². The molecule has 0 spiro atoms. The first-order valence-corrected chi connectivity index (χ1v) is 8.46. The van der Waals surface area contributed by atoms with Gasteiger partial charge in [-0.05, 0) is 0 Å². The predicted octanol–water partition coefficient (Wildman–Crippen LogP) is 1.12. The van der Waals surface area contributed by atoms with Crippen molar-refractivity contribution in [1.29, 1.82) is 0 Å². The van der Waals surface area contributed by atoms with E-state index in [-0.39, 0.29) is 5.91 Å². The fourth-order valence-electron chi connectivity index (χ4n) is 1.73. The van der Waals surface area contributed by atoms with E-state index in [1.807, 2.05) is 29.1 Å². The number of rotatable bonds is 7. The van der Waals surface area contributed by atoms with Crippen LogP contribution in [0.3, 0.4) is 0 Å². The molecule has 0 unspecified atom stereocenters. The molecule has 0 saturated heterocycles. The fraction of sp³-hybridized carbons (Fsp3) is 0.500. The van der Waals surface area contributed by atoms with Gasteiger partial charge in [-0.1, -0.05) is 0 Å². The molecule has 98 valence electrons. The predicted molar refractivity (Wildman–Crippen MR) is 77.0 cm³/mol. The third-order valence-electron chi connectivity index (χ3n) is 2.98. The summed E-state index contributed by atoms with van der Waals surface area (Å²) >= 11 is -0.495. The molecule has 1 aromatic carbocycles. The van der Waals surface area contributed by atoms with Gasteiger partial charge in [-0.15, -0.1) is 0 Å². The average molecular weight is 307 g/mol. The summed E-state index contributed by atoms with van der Waals surface area (Å²) in [7, 11) is 1.93. The van der Waals surface area contributed by atoms with Crippen molar-refractivity contribution < 1.29 is 4.79 Å². The van der Waals surface area contributed by atoms with Crippen LogP contribution in [0.2, 0.25) is 0 Å². The molecular weight excluding hydrogens is 285 g/mol. The summed E-state index contributed by atoms with van der Waals surface area (Å²) in [4.78, 5) is 14.3. The maximum atomic E-state index is 12.0. The van der Waals surface area contributed by atoms with E-state index in [0.717, 1.165) is 19.6 Å². The molecule has 2 radical (unpaired) electrons. The second-order valence-electron chi connectivity index (χ2n) is 4.21. The van der Waals surface area contributed by atoms with Gasteiger partial charge in [0.2, 0.25) is 0 Å². The van der Waals surface area contributed by atoms with Crippen LogP contribution in [0, 0.1) is 0 Å². The third kappa shape index (κ3) is 5.23. The molecule has 0 aliphatic carbocycles. The van der Waals surface area contributed by atoms with Crippen LogP contribution in [-0.4, -0.2) is 57.0 Å². The summed E-state index contributed by atoms with van der Waals surface area (Å²) in [6, 6.07) is 10.3. The molecule has 18 heavy (non-hydrogen) atoms. The van der Waals surface area contributed by atoms with Crippen molar-refractivity contribution in [2.45, 2.75) is 20.3 Å². The Balaban J connectivity index is 2.37. The third-order valence-corrected chi connectivity index (χ3v) is 5.45. The topological polar surface area (TPSA) is 23.6 Å². The Hall–Kier alpha value is -0.807. The van der Waals surface area contributed by atoms with Gasteiger partial charge in [-0.3, -0.25) is 0 Å². The minimum absolute atomic E-state index is 0.269. The molecule has 0 fully saturated rings. The molecule has 1 rings (SSSR count). The first-order valence-electron chi connectivity index (χ1n) is 6.48. The maximum absolute atomic E-state index is 12.0. The molecule has 0 aliphatic rings. The first kappa shape index (κ1) is 15.3. The summed E-state index contributed by atoms with van der Waals surface area (Å²) < 4.78 is 3.23. The molecule has 0 N–H and O–H groups in total. The van der Waals surface area contributed by atoms with E-state index in [9.17, 15) is 4.79 Å². The van der Waals surface area contributed by atoms with E-state index in [2.05, 4.69) is 30.9 Å². The zero-order valence-corrected chi connectivity index (χ0v) is 13.6. The quantitative estimate of drug-likeness (QED) is 0.705. The summed E-state index contributed by atoms with van der Waals surface area (Å²) in [5, 5.41) is 0. The summed E-state index contributed by atoms with van der Waals surface area (Å²) in [5.74, 6) is 0.269. The van der Waals surface area contributed by atoms with Crippen LogP contribution in [0.1, 0.15) is 20.3 Å². The SMILES string of the molecule is CCN(CC)CCC(=O)[N](C)[Ge][c]1ccccc1. The van der Waals surface area contributed by atoms with E-state index in [4.69, 9.17) is 0 Å². The Kier molecular flexibility index (Phi) is 7.05. The summed E-state index contributed by atoms with van der Waals surface area (Å²) in [6.45, 7) is 7.17. The van der Waals surface area contributed by atoms with Crippen molar-refractivity contribution in [2.24, 2.45) is 0 Å². The van der Waals surface area contributed by atoms with E-state index < -0.39 is 15.7 Å². The number of hydrogen-bond donors (Lipinski definition) is 0. The Morgan fingerprint density at radius 2 is 1.78 bits per heavy atom. The molecular formula is C14H22GeN2O. The number of nitrogens with zero attached hydrogens (tertiary/aromatic N) is 2. The number of benzene rings is 1. The van der Waals surface area contributed by atoms with Crippen molar-refractivity contribution in [1.82, 2.24) is 8.76 Å². The van der Waals surface area contributed by atoms with Gasteiger partial charge in [0.25, 0.3) is 0 Å². The second kappa shape index (κ2) is 8.32. The van der Waals surface area contributed by atoms with Gasteiger partial charge in [0.05, 0.1) is 0 Å². The molecule has 0 aliphatic heterocycles. The standard InChI is InChI=1S/C14H22GeN2O/c1-4-17(5-2)12-11-14(18)16(3)15-13-9-7-6-8-10-13/h6-10H,4-5,11-12H2,1-3H3. The van der Waals surface area contributed by atoms with E-state index in [1.165, 1.54) is 4.40 Å². The van der Waals surface area contributed by atoms with E-state index in [1.54, 1.807) is 0 Å². The number of hydrogen-bond acceptors (Lipinski definition) is 2. The molecule has 0 atom stereocenters. The van der Waals surface area contributed by atoms with Gasteiger partial charge in [-0.2, -0.15) is 0 Å². The van der Waals surface area contributed by atoms with Gasteiger partial charge >= 0.3 is 117 Å². The van der Waals surface area contributed by atoms with E-state index >= 15 is 0 Å². The summed E-state index contributed by atoms with van der Waals surface area (Å²) in [5.41, 5.74) is 0. The average Bonchev–Trinajstić information content (AvgIpc) is 2.40. The number of amides is 1. The van der Waals surface area contributed by atoms with Crippen molar-refractivity contribution in [2.75, 3.05) is 26.7 Å². The number of carbonyl (C=O) groups is 1. The monoisotopic (exact) mass is 308 g/mol. The van der Waals surface area contributed by atoms with Gasteiger partial charge < -0.3 is 0 Å². The van der Waals surface area contributed by atoms with Crippen LogP contribution in [-0.2, 0) is 4.79 Å². The first-order chi connectivity index (χ1) is 8.67. The molecule has 0 heterocycles. The van der Waals surface area contributed by atoms with Gasteiger partial charge in [0.1, 0.15) is 0 Å². The van der Waals surface area contributed by atoms with Crippen LogP contribution in [0.4, 0.5) is 0 Å². The Morgan fingerprint density at radius 1 is 1.17 bits per heavy atom. The normalized spacial score (nSPS) is 10.7.